The van der Waals surface area contributed by atoms with Crippen molar-refractivity contribution in [3.05, 3.63) is 0 Å². The van der Waals surface area contributed by atoms with Gasteiger partial charge >= 0.3 is 0 Å². The van der Waals surface area contributed by atoms with Crippen molar-refractivity contribution in [3.8, 4) is 0 Å². The monoisotopic (exact) mass is 186 g/mol. The molecule has 1 saturated heterocycles. The van der Waals surface area contributed by atoms with E-state index < -0.39 is 0 Å². The van der Waals surface area contributed by atoms with Gasteiger partial charge in [-0.3, -0.25) is 4.79 Å². The van der Waals surface area contributed by atoms with Gasteiger partial charge in [0.05, 0.1) is 12.1 Å². The van der Waals surface area contributed by atoms with E-state index in [0.29, 0.717) is 13.0 Å². The topological polar surface area (TPSA) is 64.4 Å². The van der Waals surface area contributed by atoms with Crippen molar-refractivity contribution in [2.75, 3.05) is 13.2 Å². The molecule has 1 heterocycles. The second-order valence-electron chi connectivity index (χ2n) is 3.39. The van der Waals surface area contributed by atoms with Crippen LogP contribution < -0.4 is 11.1 Å². The van der Waals surface area contributed by atoms with E-state index in [1.54, 1.807) is 0 Å². The first kappa shape index (κ1) is 10.5. The molecule has 1 fully saturated rings. The molecule has 1 rings (SSSR count). The number of ether oxygens (including phenoxy) is 1. The number of rotatable bonds is 4. The number of amides is 1. The van der Waals surface area contributed by atoms with Gasteiger partial charge in [-0.15, -0.1) is 0 Å². The smallest absolute Gasteiger partial charge is 0.236 e. The summed E-state index contributed by atoms with van der Waals surface area (Å²) in [5.74, 6) is -0.0713. The van der Waals surface area contributed by atoms with E-state index in [1.807, 2.05) is 6.92 Å². The molecule has 0 aromatic carbocycles. The van der Waals surface area contributed by atoms with Crippen LogP contribution in [0.4, 0.5) is 0 Å². The molecule has 0 aromatic rings. The molecule has 0 saturated carbocycles. The molecule has 1 unspecified atom stereocenters. The predicted molar refractivity (Wildman–Crippen MR) is 50.3 cm³/mol. The third kappa shape index (κ3) is 3.32. The fourth-order valence-electron chi connectivity index (χ4n) is 1.34. The lowest BCUT2D eigenvalue weighted by Gasteiger charge is -2.13. The van der Waals surface area contributed by atoms with Gasteiger partial charge in [0.1, 0.15) is 0 Å². The van der Waals surface area contributed by atoms with Crippen LogP contribution >= 0.6 is 0 Å². The lowest BCUT2D eigenvalue weighted by Crippen LogP contribution is -2.42. The number of carbonyl (C=O) groups excluding carboxylic acids is 1. The highest BCUT2D eigenvalue weighted by atomic mass is 16.5. The molecule has 0 radical (unpaired) electrons. The Hall–Kier alpha value is -0.610. The SMILES string of the molecule is CC[C@@H](N)C(=O)NCC1CCCO1. The summed E-state index contributed by atoms with van der Waals surface area (Å²) in [6, 6.07) is -0.374. The van der Waals surface area contributed by atoms with Gasteiger partial charge in [-0.1, -0.05) is 6.92 Å². The zero-order chi connectivity index (χ0) is 9.68. The highest BCUT2D eigenvalue weighted by Gasteiger charge is 2.17. The van der Waals surface area contributed by atoms with E-state index in [9.17, 15) is 4.79 Å². The molecule has 13 heavy (non-hydrogen) atoms. The van der Waals surface area contributed by atoms with Crippen molar-refractivity contribution >= 4 is 5.91 Å². The lowest BCUT2D eigenvalue weighted by atomic mass is 10.2. The molecule has 1 aliphatic heterocycles. The van der Waals surface area contributed by atoms with Crippen LogP contribution in [0.1, 0.15) is 26.2 Å². The fourth-order valence-corrected chi connectivity index (χ4v) is 1.34. The molecule has 0 aliphatic carbocycles. The molecule has 1 amide bonds. The van der Waals surface area contributed by atoms with Crippen LogP contribution in [0, 0.1) is 0 Å². The average molecular weight is 186 g/mol. The molecular weight excluding hydrogens is 168 g/mol. The maximum absolute atomic E-state index is 11.2. The molecular formula is C9H18N2O2. The molecule has 4 nitrogen and oxygen atoms in total. The quantitative estimate of drug-likeness (QED) is 0.650. The van der Waals surface area contributed by atoms with Crippen LogP contribution in [0.15, 0.2) is 0 Å². The maximum Gasteiger partial charge on any atom is 0.236 e. The summed E-state index contributed by atoms with van der Waals surface area (Å²) in [5, 5.41) is 2.79. The lowest BCUT2D eigenvalue weighted by molar-refractivity contribution is -0.122. The molecule has 0 aromatic heterocycles. The minimum Gasteiger partial charge on any atom is -0.376 e. The number of nitrogens with two attached hydrogens (primary N) is 1. The Balaban J connectivity index is 2.13. The van der Waals surface area contributed by atoms with Crippen molar-refractivity contribution in [2.45, 2.75) is 38.3 Å². The molecule has 0 spiro atoms. The largest absolute Gasteiger partial charge is 0.376 e. The highest BCUT2D eigenvalue weighted by Crippen LogP contribution is 2.10. The summed E-state index contributed by atoms with van der Waals surface area (Å²) in [6.07, 6.45) is 3.02. The van der Waals surface area contributed by atoms with Gasteiger partial charge in [0.2, 0.25) is 5.91 Å². The van der Waals surface area contributed by atoms with Crippen LogP contribution in [0.3, 0.4) is 0 Å². The van der Waals surface area contributed by atoms with Crippen LogP contribution in [-0.2, 0) is 9.53 Å². The third-order valence-electron chi connectivity index (χ3n) is 2.30. The normalized spacial score (nSPS) is 24.3. The first-order chi connectivity index (χ1) is 6.24. The Kier molecular flexibility index (Phi) is 4.18. The molecule has 2 atom stereocenters. The Morgan fingerprint density at radius 3 is 3.08 bits per heavy atom. The van der Waals surface area contributed by atoms with Gasteiger partial charge in [0, 0.05) is 13.2 Å². The summed E-state index contributed by atoms with van der Waals surface area (Å²) >= 11 is 0. The van der Waals surface area contributed by atoms with Gasteiger partial charge < -0.3 is 15.8 Å². The van der Waals surface area contributed by atoms with Crippen molar-refractivity contribution in [2.24, 2.45) is 5.73 Å². The summed E-state index contributed by atoms with van der Waals surface area (Å²) in [7, 11) is 0. The molecule has 76 valence electrons. The zero-order valence-electron chi connectivity index (χ0n) is 8.08. The average Bonchev–Trinajstić information content (AvgIpc) is 2.65. The van der Waals surface area contributed by atoms with Gasteiger partial charge in [-0.05, 0) is 19.3 Å². The predicted octanol–water partition coefficient (Wildman–Crippen LogP) is 0.0189. The minimum absolute atomic E-state index is 0.0713. The van der Waals surface area contributed by atoms with Gasteiger partial charge in [-0.25, -0.2) is 0 Å². The van der Waals surface area contributed by atoms with Crippen molar-refractivity contribution < 1.29 is 9.53 Å². The Morgan fingerprint density at radius 2 is 2.54 bits per heavy atom. The van der Waals surface area contributed by atoms with Crippen LogP contribution in [0.2, 0.25) is 0 Å². The third-order valence-corrected chi connectivity index (χ3v) is 2.30. The van der Waals surface area contributed by atoms with Crippen LogP contribution in [0.25, 0.3) is 0 Å². The summed E-state index contributed by atoms with van der Waals surface area (Å²) in [4.78, 5) is 11.2. The number of hydrogen-bond acceptors (Lipinski definition) is 3. The van der Waals surface area contributed by atoms with Gasteiger partial charge in [-0.2, -0.15) is 0 Å². The first-order valence-electron chi connectivity index (χ1n) is 4.89. The Labute approximate surface area is 78.8 Å². The Bertz CT molecular complexity index is 167. The fraction of sp³-hybridized carbons (Fsp3) is 0.889. The van der Waals surface area contributed by atoms with Crippen molar-refractivity contribution in [1.29, 1.82) is 0 Å². The van der Waals surface area contributed by atoms with E-state index in [1.165, 1.54) is 0 Å². The molecule has 3 N–H and O–H groups in total. The molecule has 1 aliphatic rings. The second kappa shape index (κ2) is 5.19. The standard InChI is InChI=1S/C9H18N2O2/c1-2-8(10)9(12)11-6-7-4-3-5-13-7/h7-8H,2-6,10H2,1H3,(H,11,12)/t7?,8-/m1/s1. The Morgan fingerprint density at radius 1 is 1.77 bits per heavy atom. The zero-order valence-corrected chi connectivity index (χ0v) is 8.08. The van der Waals surface area contributed by atoms with Crippen molar-refractivity contribution in [1.82, 2.24) is 5.32 Å². The van der Waals surface area contributed by atoms with E-state index in [0.717, 1.165) is 19.4 Å². The second-order valence-corrected chi connectivity index (χ2v) is 3.39. The number of nitrogens with one attached hydrogen (secondary N) is 1. The van der Waals surface area contributed by atoms with E-state index >= 15 is 0 Å². The number of carbonyl (C=O) groups is 1. The molecule has 4 heteroatoms. The molecule has 0 bridgehead atoms. The number of hydrogen-bond donors (Lipinski definition) is 2. The van der Waals surface area contributed by atoms with Crippen molar-refractivity contribution in [3.63, 3.8) is 0 Å². The van der Waals surface area contributed by atoms with Crippen LogP contribution in [-0.4, -0.2) is 31.2 Å². The first-order valence-corrected chi connectivity index (χ1v) is 4.89. The minimum atomic E-state index is -0.374. The summed E-state index contributed by atoms with van der Waals surface area (Å²) < 4.78 is 5.36. The van der Waals surface area contributed by atoms with E-state index in [2.05, 4.69) is 5.32 Å². The van der Waals surface area contributed by atoms with Gasteiger partial charge in [0.15, 0.2) is 0 Å². The maximum atomic E-state index is 11.2. The highest BCUT2D eigenvalue weighted by molar-refractivity contribution is 5.81. The summed E-state index contributed by atoms with van der Waals surface area (Å²) in [6.45, 7) is 3.32. The van der Waals surface area contributed by atoms with Gasteiger partial charge in [0.25, 0.3) is 0 Å². The van der Waals surface area contributed by atoms with E-state index in [-0.39, 0.29) is 18.1 Å². The van der Waals surface area contributed by atoms with Crippen LogP contribution in [0.5, 0.6) is 0 Å². The van der Waals surface area contributed by atoms with E-state index in [4.69, 9.17) is 10.5 Å². The summed E-state index contributed by atoms with van der Waals surface area (Å²) in [5.41, 5.74) is 5.55.